The Morgan fingerprint density at radius 3 is 1.33 bits per heavy atom. The molecule has 12 heterocycles. The summed E-state index contributed by atoms with van der Waals surface area (Å²) in [6.07, 6.45) is 31.1. The van der Waals surface area contributed by atoms with E-state index in [4.69, 9.17) is 39.5 Å². The Balaban J connectivity index is 0.000000191. The minimum absolute atomic E-state index is 0.0143. The van der Waals surface area contributed by atoms with Crippen LogP contribution in [0.5, 0.6) is 0 Å². The van der Waals surface area contributed by atoms with Crippen molar-refractivity contribution in [3.05, 3.63) is 157 Å². The van der Waals surface area contributed by atoms with E-state index in [0.717, 1.165) is 172 Å². The topological polar surface area (TPSA) is 365 Å². The van der Waals surface area contributed by atoms with E-state index in [-0.39, 0.29) is 47.3 Å². The van der Waals surface area contributed by atoms with Crippen LogP contribution in [0.25, 0.3) is 55.2 Å². The van der Waals surface area contributed by atoms with Crippen LogP contribution in [0, 0.1) is 11.8 Å². The number of H-pyrrole nitrogens is 2. The number of fused-ring (bicyclic) bond motifs is 5. The van der Waals surface area contributed by atoms with Crippen molar-refractivity contribution in [2.24, 2.45) is 17.6 Å². The lowest BCUT2D eigenvalue weighted by Crippen LogP contribution is -2.44. The molecule has 10 aromatic heterocycles. The number of pyridine rings is 5. The Morgan fingerprint density at radius 1 is 0.516 bits per heavy atom. The quantitative estimate of drug-likeness (QED) is 0.0104. The zero-order valence-corrected chi connectivity index (χ0v) is 84.1. The Hall–Kier alpha value is -8.79. The third-order valence-electron chi connectivity index (χ3n) is 21.3. The van der Waals surface area contributed by atoms with Crippen molar-refractivity contribution in [3.63, 3.8) is 0 Å². The van der Waals surface area contributed by atoms with Crippen LogP contribution in [-0.2, 0) is 61.5 Å². The van der Waals surface area contributed by atoms with Crippen molar-refractivity contribution in [3.8, 4) is 0 Å². The van der Waals surface area contributed by atoms with Gasteiger partial charge in [0.1, 0.15) is 54.0 Å². The molecule has 3 fully saturated rings. The summed E-state index contributed by atoms with van der Waals surface area (Å²) in [4.78, 5) is 114. The molecule has 5 amide bonds. The normalized spacial score (nSPS) is 14.2. The number of aromatic amines is 2. The van der Waals surface area contributed by atoms with E-state index in [1.54, 1.807) is 42.0 Å². The van der Waals surface area contributed by atoms with Gasteiger partial charge < -0.3 is 83.9 Å². The van der Waals surface area contributed by atoms with Gasteiger partial charge in [0.05, 0.1) is 34.9 Å². The van der Waals surface area contributed by atoms with Gasteiger partial charge in [-0.2, -0.15) is 0 Å². The highest BCUT2D eigenvalue weighted by Crippen LogP contribution is 2.32. The molecule has 2 aliphatic heterocycles. The number of hydrogen-bond donors (Lipinski definition) is 7. The van der Waals surface area contributed by atoms with E-state index >= 15 is 0 Å². The standard InChI is InChI=1S/C23H37N3O2Si.C19H24N4O2.C16H24BrN3O2Si.C15H21BrN2O3Si.C10H20N2O2.C8H5BrN2O2/c1-5-24-23(27)21-16-26(17-28-11-12-29(2,3)4)22-20(21)14-19(15-25-22)13-18-9-7-6-8-10-18;1-3-17(24)23-7-5-13(6-8-23)9-14-10-15-16(19(25)20-4-2)12-22-18(15)21-11-14;1-5-18-16(21)14-10-20(11-22-6-7-23(2,3)4)15-13(14)8-12(17)9-19-15;1-20-15(19)13-9-18(10-21-5-6-22(2,3)4)14-12(13)7-11(16)8-17-14;1-10(2,3)14-9(13)12-6-4-8(11)5-7-12;9-4-1-5-6(8(12)13)3-11-7(5)10-2-4/h14-16,18H,5-13,17H2,1-4H3,(H,24,27);3,10-13H,1,4-9H2,2H3,(H,20,25)(H,21,22);8-10H,5-7,11H2,1-4H3,(H,18,21);7-9H,5-6,10H2,1-4H3;8H,4-7,11H2,1-3H3;1-3H,(H,10,11)(H,12,13). The summed E-state index contributed by atoms with van der Waals surface area (Å²) >= 11 is 10.0. The molecule has 0 aromatic carbocycles. The summed E-state index contributed by atoms with van der Waals surface area (Å²) < 4.78 is 35.8. The zero-order chi connectivity index (χ0) is 92.2. The summed E-state index contributed by atoms with van der Waals surface area (Å²) in [7, 11) is -1.94. The van der Waals surface area contributed by atoms with Crippen molar-refractivity contribution in [2.45, 2.75) is 221 Å². The molecule has 8 N–H and O–H groups in total. The molecule has 29 nitrogen and oxygen atoms in total. The van der Waals surface area contributed by atoms with Crippen molar-refractivity contribution in [2.75, 3.05) is 72.7 Å². The van der Waals surface area contributed by atoms with Gasteiger partial charge in [0.25, 0.3) is 17.7 Å². The molecule has 0 radical (unpaired) electrons. The first-order chi connectivity index (χ1) is 59.7. The molecular formula is C91H131Br3N16O13Si3. The summed E-state index contributed by atoms with van der Waals surface area (Å²) in [6.45, 7) is 44.2. The van der Waals surface area contributed by atoms with Gasteiger partial charge in [-0.25, -0.2) is 39.3 Å². The molecule has 0 atom stereocenters. The molecule has 126 heavy (non-hydrogen) atoms. The largest absolute Gasteiger partial charge is 0.478 e. The van der Waals surface area contributed by atoms with Crippen molar-refractivity contribution >= 4 is 169 Å². The monoisotopic (exact) mass is 1980 g/mol. The Bertz CT molecular complexity index is 5290. The van der Waals surface area contributed by atoms with Crippen LogP contribution in [0.3, 0.4) is 0 Å². The number of nitrogens with zero attached hydrogens (tertiary/aromatic N) is 10. The molecule has 35 heteroatoms. The lowest BCUT2D eigenvalue weighted by Gasteiger charge is -2.32. The molecule has 2 saturated heterocycles. The van der Waals surface area contributed by atoms with E-state index < -0.39 is 35.8 Å². The molecule has 686 valence electrons. The van der Waals surface area contributed by atoms with Crippen LogP contribution in [0.4, 0.5) is 4.79 Å². The van der Waals surface area contributed by atoms with Gasteiger partial charge in [0, 0.05) is 198 Å². The predicted molar refractivity (Wildman–Crippen MR) is 518 cm³/mol. The first kappa shape index (κ1) is 103. The second-order valence-electron chi connectivity index (χ2n) is 36.6. The van der Waals surface area contributed by atoms with Gasteiger partial charge in [-0.1, -0.05) is 97.6 Å². The first-order valence-electron chi connectivity index (χ1n) is 43.6. The number of carbonyl (C=O) groups is 7. The van der Waals surface area contributed by atoms with Crippen LogP contribution in [0.15, 0.2) is 118 Å². The highest BCUT2D eigenvalue weighted by atomic mass is 79.9. The molecule has 0 bridgehead atoms. The van der Waals surface area contributed by atoms with Gasteiger partial charge in [-0.3, -0.25) is 19.2 Å². The number of amides is 5. The second-order valence-corrected chi connectivity index (χ2v) is 56.2. The fourth-order valence-corrected chi connectivity index (χ4v) is 17.7. The minimum atomic E-state index is -1.12. The molecule has 0 unspecified atom stereocenters. The van der Waals surface area contributed by atoms with Crippen LogP contribution in [0.2, 0.25) is 77.1 Å². The fraction of sp³-hybridized carbons (Fsp3) is 0.516. The third-order valence-corrected chi connectivity index (χ3v) is 27.8. The average Bonchev–Trinajstić information content (AvgIpc) is 1.66. The number of carboxylic acids is 1. The number of nitrogens with one attached hydrogen (secondary N) is 5. The van der Waals surface area contributed by atoms with Crippen molar-refractivity contribution < 1.29 is 62.4 Å². The second kappa shape index (κ2) is 48.6. The number of carboxylic acid groups (broad SMARTS) is 1. The zero-order valence-electron chi connectivity index (χ0n) is 76.3. The van der Waals surface area contributed by atoms with Gasteiger partial charge >= 0.3 is 18.0 Å². The number of likely N-dealkylation sites (tertiary alicyclic amines) is 2. The maximum atomic E-state index is 12.6. The Kier molecular flexibility index (Phi) is 39.5. The summed E-state index contributed by atoms with van der Waals surface area (Å²) in [5.41, 5.74) is 14.1. The molecule has 1 saturated carbocycles. The molecule has 3 aliphatic rings. The van der Waals surface area contributed by atoms with E-state index in [2.05, 4.69) is 171 Å². The maximum absolute atomic E-state index is 12.6. The van der Waals surface area contributed by atoms with Crippen molar-refractivity contribution in [1.82, 2.24) is 74.3 Å². The SMILES string of the molecule is C=CC(=O)N1CCC(Cc2cnc3[nH]cc(C(=O)NCC)c3c2)CC1.CC(C)(C)OC(=O)N1CCC(N)CC1.CCNC(=O)c1cn(COCC[Si](C)(C)C)c2ncc(Br)cc12.CCNC(=O)c1cn(COCC[Si](C)(C)C)c2ncc(CC3CCCCC3)cc12.COC(=O)c1cn(COCC[Si](C)(C)C)c2ncc(Br)cc12.O=C(O)c1c[nH]c2ncc(Br)cc12. The summed E-state index contributed by atoms with van der Waals surface area (Å²) in [5.74, 6) is -0.225. The van der Waals surface area contributed by atoms with Gasteiger partial charge in [-0.05, 0) is 205 Å². The number of piperidine rings is 2. The third kappa shape index (κ3) is 32.1. The molecule has 0 spiro atoms. The van der Waals surface area contributed by atoms with Gasteiger partial charge in [-0.15, -0.1) is 0 Å². The highest BCUT2D eigenvalue weighted by Gasteiger charge is 2.29. The van der Waals surface area contributed by atoms with E-state index in [1.165, 1.54) is 57.1 Å². The van der Waals surface area contributed by atoms with E-state index in [0.29, 0.717) is 79.0 Å². The van der Waals surface area contributed by atoms with Crippen LogP contribution < -0.4 is 21.7 Å². The number of halogens is 3. The smallest absolute Gasteiger partial charge is 0.410 e. The molecular weight excluding hydrogens is 1850 g/mol. The number of nitrogens with two attached hydrogens (primary N) is 1. The summed E-state index contributed by atoms with van der Waals surface area (Å²) in [5, 5.41) is 21.4. The summed E-state index contributed by atoms with van der Waals surface area (Å²) in [6, 6.07) is 13.4. The van der Waals surface area contributed by atoms with Gasteiger partial charge in [0.2, 0.25) is 5.91 Å². The molecule has 13 rings (SSSR count). The lowest BCUT2D eigenvalue weighted by molar-refractivity contribution is -0.127. The number of ether oxygens (including phenoxy) is 5. The molecule has 1 aliphatic carbocycles. The Labute approximate surface area is 768 Å². The molecule has 10 aromatic rings. The predicted octanol–water partition coefficient (Wildman–Crippen LogP) is 18.6. The lowest BCUT2D eigenvalue weighted by atomic mass is 9.85. The number of rotatable bonds is 28. The highest BCUT2D eigenvalue weighted by molar-refractivity contribution is 9.11. The number of methoxy groups -OCH3 is 1. The number of carbonyl (C=O) groups excluding carboxylic acids is 6. The first-order valence-corrected chi connectivity index (χ1v) is 57.1. The minimum Gasteiger partial charge on any atom is -0.478 e. The Morgan fingerprint density at radius 2 is 0.889 bits per heavy atom. The fourth-order valence-electron chi connectivity index (χ4n) is 14.4. The van der Waals surface area contributed by atoms with Gasteiger partial charge in [0.15, 0.2) is 0 Å². The van der Waals surface area contributed by atoms with Crippen molar-refractivity contribution in [1.29, 1.82) is 0 Å². The van der Waals surface area contributed by atoms with E-state index in [9.17, 15) is 33.6 Å². The maximum Gasteiger partial charge on any atom is 0.410 e. The van der Waals surface area contributed by atoms with E-state index in [1.807, 2.05) is 97.1 Å². The number of aromatic nitrogens is 10. The van der Waals surface area contributed by atoms with Crippen LogP contribution in [0.1, 0.15) is 162 Å². The number of esters is 1. The number of hydrogen-bond acceptors (Lipinski definition) is 18. The number of aromatic carboxylic acids is 1. The van der Waals surface area contributed by atoms with Crippen LogP contribution >= 0.6 is 47.8 Å². The average molecular weight is 1980 g/mol. The van der Waals surface area contributed by atoms with Crippen LogP contribution in [-0.4, -0.2) is 214 Å².